The molecule has 1 nitrogen and oxygen atoms in total. The molecule has 8 aromatic rings. The van der Waals surface area contributed by atoms with Crippen molar-refractivity contribution in [2.75, 3.05) is 0 Å². The Hall–Kier alpha value is -6.05. The molecule has 1 aliphatic heterocycles. The van der Waals surface area contributed by atoms with Crippen LogP contribution in [-0.4, -0.2) is 5.71 Å². The SMILES string of the molecule is c1ccc(-c2c3ccccc3c(-c3ccccc3)c3cc(-c4ccc5c(c4)N=C4CC5Cc5ccccc5-c5ccccc54)ccc23)cc1. The predicted octanol–water partition coefficient (Wildman–Crippen LogP) is 12.8. The van der Waals surface area contributed by atoms with Crippen molar-refractivity contribution in [1.29, 1.82) is 0 Å². The Balaban J connectivity index is 1.19. The van der Waals surface area contributed by atoms with Crippen LogP contribution >= 0.6 is 0 Å². The summed E-state index contributed by atoms with van der Waals surface area (Å²) in [5, 5.41) is 5.08. The highest BCUT2D eigenvalue weighted by Crippen LogP contribution is 2.47. The molecule has 8 aromatic carbocycles. The standard InChI is InChI=1S/C48H33N/c1-3-13-31(14-4-1)47-41-21-11-12-22-42(41)48(32-15-5-2-6-16-32)44-28-33(24-26-43(44)47)34-23-25-38-36-27-35-17-7-8-18-37(35)39-19-9-10-20-40(39)46(30-36)49-45(38)29-34/h1-26,28-29,36H,27,30H2. The van der Waals surface area contributed by atoms with Crippen molar-refractivity contribution in [3.63, 3.8) is 0 Å². The van der Waals surface area contributed by atoms with Crippen LogP contribution in [0.5, 0.6) is 0 Å². The van der Waals surface area contributed by atoms with Gasteiger partial charge in [0.25, 0.3) is 0 Å². The smallest absolute Gasteiger partial charge is 0.0674 e. The fourth-order valence-electron chi connectivity index (χ4n) is 8.44. The van der Waals surface area contributed by atoms with E-state index in [-0.39, 0.29) is 0 Å². The van der Waals surface area contributed by atoms with Crippen LogP contribution in [0.3, 0.4) is 0 Å². The first-order chi connectivity index (χ1) is 24.3. The molecule has 0 saturated carbocycles. The molecule has 0 N–H and O–H groups in total. The molecule has 49 heavy (non-hydrogen) atoms. The van der Waals surface area contributed by atoms with Crippen LogP contribution < -0.4 is 0 Å². The van der Waals surface area contributed by atoms with E-state index in [0.717, 1.165) is 18.5 Å². The zero-order valence-electron chi connectivity index (χ0n) is 27.1. The monoisotopic (exact) mass is 623 g/mol. The lowest BCUT2D eigenvalue weighted by Crippen LogP contribution is -2.18. The zero-order valence-corrected chi connectivity index (χ0v) is 27.1. The van der Waals surface area contributed by atoms with Gasteiger partial charge in [0, 0.05) is 11.3 Å². The van der Waals surface area contributed by atoms with Crippen molar-refractivity contribution < 1.29 is 0 Å². The predicted molar refractivity (Wildman–Crippen MR) is 207 cm³/mol. The van der Waals surface area contributed by atoms with Gasteiger partial charge < -0.3 is 0 Å². The number of hydrogen-bond donors (Lipinski definition) is 0. The molecule has 1 heteroatoms. The summed E-state index contributed by atoms with van der Waals surface area (Å²) in [4.78, 5) is 5.41. The van der Waals surface area contributed by atoms with Crippen molar-refractivity contribution in [3.8, 4) is 44.5 Å². The van der Waals surface area contributed by atoms with Crippen molar-refractivity contribution in [2.24, 2.45) is 4.99 Å². The van der Waals surface area contributed by atoms with Crippen molar-refractivity contribution in [1.82, 2.24) is 0 Å². The molecule has 0 fully saturated rings. The summed E-state index contributed by atoms with van der Waals surface area (Å²) in [7, 11) is 0. The second kappa shape index (κ2) is 11.3. The van der Waals surface area contributed by atoms with E-state index in [9.17, 15) is 0 Å². The minimum atomic E-state index is 0.395. The minimum Gasteiger partial charge on any atom is -0.252 e. The van der Waals surface area contributed by atoms with Gasteiger partial charge in [0.2, 0.25) is 0 Å². The van der Waals surface area contributed by atoms with Gasteiger partial charge in [-0.05, 0) is 108 Å². The first-order valence-corrected chi connectivity index (χ1v) is 17.3. The number of nitrogens with zero attached hydrogens (tertiary/aromatic N) is 1. The summed E-state index contributed by atoms with van der Waals surface area (Å²) < 4.78 is 0. The average molecular weight is 624 g/mol. The Labute approximate surface area is 286 Å². The molecule has 0 saturated heterocycles. The highest BCUT2D eigenvalue weighted by Gasteiger charge is 2.29. The largest absolute Gasteiger partial charge is 0.252 e. The molecule has 1 aliphatic carbocycles. The van der Waals surface area contributed by atoms with Crippen LogP contribution in [0.2, 0.25) is 0 Å². The summed E-state index contributed by atoms with van der Waals surface area (Å²) in [5.41, 5.74) is 16.4. The Morgan fingerprint density at radius 3 is 1.67 bits per heavy atom. The molecule has 2 aliphatic rings. The maximum atomic E-state index is 5.41. The van der Waals surface area contributed by atoms with E-state index in [4.69, 9.17) is 4.99 Å². The third-order valence-corrected chi connectivity index (χ3v) is 10.7. The Bertz CT molecular complexity index is 2590. The molecular weight excluding hydrogens is 591 g/mol. The summed E-state index contributed by atoms with van der Waals surface area (Å²) >= 11 is 0. The molecule has 0 radical (unpaired) electrons. The molecule has 0 aromatic heterocycles. The van der Waals surface area contributed by atoms with E-state index in [0.29, 0.717) is 5.92 Å². The number of fused-ring (bicyclic) bond motifs is 10. The second-order valence-electron chi connectivity index (χ2n) is 13.4. The van der Waals surface area contributed by atoms with Crippen LogP contribution in [0.4, 0.5) is 5.69 Å². The van der Waals surface area contributed by atoms with Crippen LogP contribution in [0.1, 0.15) is 29.0 Å². The van der Waals surface area contributed by atoms with Gasteiger partial charge >= 0.3 is 0 Å². The first-order valence-electron chi connectivity index (χ1n) is 17.3. The van der Waals surface area contributed by atoms with Crippen molar-refractivity contribution >= 4 is 32.9 Å². The maximum absolute atomic E-state index is 5.41. The van der Waals surface area contributed by atoms with Crippen LogP contribution in [0.15, 0.2) is 175 Å². The van der Waals surface area contributed by atoms with Crippen molar-refractivity contribution in [2.45, 2.75) is 18.8 Å². The summed E-state index contributed by atoms with van der Waals surface area (Å²) in [6.07, 6.45) is 1.98. The third-order valence-electron chi connectivity index (χ3n) is 10.7. The molecule has 0 amide bonds. The van der Waals surface area contributed by atoms with Crippen LogP contribution in [-0.2, 0) is 6.42 Å². The third kappa shape index (κ3) is 4.58. The molecule has 230 valence electrons. The van der Waals surface area contributed by atoms with E-state index >= 15 is 0 Å². The van der Waals surface area contributed by atoms with Gasteiger partial charge in [-0.1, -0.05) is 158 Å². The lowest BCUT2D eigenvalue weighted by molar-refractivity contribution is 0.704. The molecule has 1 heterocycles. The van der Waals surface area contributed by atoms with Crippen molar-refractivity contribution in [3.05, 3.63) is 187 Å². The highest BCUT2D eigenvalue weighted by atomic mass is 14.8. The van der Waals surface area contributed by atoms with Gasteiger partial charge in [-0.2, -0.15) is 0 Å². The average Bonchev–Trinajstić information content (AvgIpc) is 3.17. The quantitative estimate of drug-likeness (QED) is 0.174. The maximum Gasteiger partial charge on any atom is 0.0674 e. The Morgan fingerprint density at radius 1 is 0.388 bits per heavy atom. The first kappa shape index (κ1) is 28.0. The number of benzene rings is 8. The number of hydrogen-bond acceptors (Lipinski definition) is 1. The molecule has 1 atom stereocenters. The van der Waals surface area contributed by atoms with E-state index < -0.39 is 0 Å². The van der Waals surface area contributed by atoms with Crippen LogP contribution in [0.25, 0.3) is 66.1 Å². The van der Waals surface area contributed by atoms with Gasteiger partial charge in [0.15, 0.2) is 0 Å². The Kier molecular flexibility index (Phi) is 6.45. The fraction of sp³-hybridized carbons (Fsp3) is 0.0625. The topological polar surface area (TPSA) is 12.4 Å². The lowest BCUT2D eigenvalue weighted by atomic mass is 9.77. The minimum absolute atomic E-state index is 0.395. The second-order valence-corrected chi connectivity index (χ2v) is 13.4. The normalized spacial score (nSPS) is 14.7. The summed E-state index contributed by atoms with van der Waals surface area (Å²) in [6.45, 7) is 0. The van der Waals surface area contributed by atoms with E-state index in [1.165, 1.54) is 88.5 Å². The molecular formula is C48H33N. The molecule has 0 spiro atoms. The molecule has 2 bridgehead atoms. The summed E-state index contributed by atoms with van der Waals surface area (Å²) in [6, 6.07) is 62.4. The van der Waals surface area contributed by atoms with Crippen LogP contribution in [0, 0.1) is 0 Å². The summed E-state index contributed by atoms with van der Waals surface area (Å²) in [5.74, 6) is 0.395. The number of aliphatic imine (C=N–C) groups is 1. The van der Waals surface area contributed by atoms with E-state index in [1.54, 1.807) is 0 Å². The zero-order chi connectivity index (χ0) is 32.3. The van der Waals surface area contributed by atoms with E-state index in [2.05, 4.69) is 170 Å². The van der Waals surface area contributed by atoms with Gasteiger partial charge in [-0.15, -0.1) is 0 Å². The molecule has 1 unspecified atom stereocenters. The van der Waals surface area contributed by atoms with E-state index in [1.807, 2.05) is 0 Å². The van der Waals surface area contributed by atoms with Gasteiger partial charge in [-0.3, -0.25) is 4.99 Å². The Morgan fingerprint density at radius 2 is 0.939 bits per heavy atom. The van der Waals surface area contributed by atoms with Gasteiger partial charge in [0.1, 0.15) is 0 Å². The van der Waals surface area contributed by atoms with Gasteiger partial charge in [-0.25, -0.2) is 0 Å². The lowest BCUT2D eigenvalue weighted by Gasteiger charge is -2.30. The highest BCUT2D eigenvalue weighted by molar-refractivity contribution is 6.22. The fourth-order valence-corrected chi connectivity index (χ4v) is 8.44. The molecule has 10 rings (SSSR count). The number of rotatable bonds is 3. The van der Waals surface area contributed by atoms with Gasteiger partial charge in [0.05, 0.1) is 5.69 Å².